The van der Waals surface area contributed by atoms with Crippen LogP contribution in [-0.4, -0.2) is 32.5 Å². The normalized spacial score (nSPS) is 33.5. The van der Waals surface area contributed by atoms with Crippen LogP contribution in [0.5, 0.6) is 0 Å². The van der Waals surface area contributed by atoms with Crippen LogP contribution in [-0.2, 0) is 14.2 Å². The first kappa shape index (κ1) is 8.48. The fourth-order valence-electron chi connectivity index (χ4n) is 1.63. The van der Waals surface area contributed by atoms with Crippen molar-refractivity contribution in [3.8, 4) is 0 Å². The second-order valence-electron chi connectivity index (χ2n) is 3.22. The summed E-state index contributed by atoms with van der Waals surface area (Å²) in [6.07, 6.45) is 4.74. The minimum absolute atomic E-state index is 0.207. The Morgan fingerprint density at radius 1 is 1.08 bits per heavy atom. The first-order chi connectivity index (χ1) is 5.97. The molecule has 2 aliphatic heterocycles. The van der Waals surface area contributed by atoms with E-state index >= 15 is 0 Å². The smallest absolute Gasteiger partial charge is 0.151 e. The van der Waals surface area contributed by atoms with Crippen molar-refractivity contribution in [3.05, 3.63) is 6.10 Å². The highest BCUT2D eigenvalue weighted by molar-refractivity contribution is 4.91. The molecule has 3 nitrogen and oxygen atoms in total. The Balaban J connectivity index is 1.80. The summed E-state index contributed by atoms with van der Waals surface area (Å²) in [5.74, 6) is 0. The van der Waals surface area contributed by atoms with E-state index in [1.807, 2.05) is 0 Å². The average Bonchev–Trinajstić information content (AvgIpc) is 2.21. The zero-order valence-electron chi connectivity index (χ0n) is 7.25. The largest absolute Gasteiger partial charge is 0.376 e. The Kier molecular flexibility index (Phi) is 2.98. The van der Waals surface area contributed by atoms with Crippen molar-refractivity contribution in [3.63, 3.8) is 0 Å². The number of rotatable bonds is 1. The summed E-state index contributed by atoms with van der Waals surface area (Å²) in [6.45, 7) is 2.91. The first-order valence-corrected chi connectivity index (χ1v) is 4.65. The van der Waals surface area contributed by atoms with Gasteiger partial charge in [0.15, 0.2) is 6.10 Å². The van der Waals surface area contributed by atoms with Crippen LogP contribution < -0.4 is 0 Å². The quantitative estimate of drug-likeness (QED) is 0.592. The minimum Gasteiger partial charge on any atom is -0.376 e. The highest BCUT2D eigenvalue weighted by Crippen LogP contribution is 2.24. The second kappa shape index (κ2) is 4.21. The van der Waals surface area contributed by atoms with E-state index in [0.29, 0.717) is 13.2 Å². The lowest BCUT2D eigenvalue weighted by molar-refractivity contribution is -0.0985. The molecule has 0 aromatic heterocycles. The number of hydrogen-bond acceptors (Lipinski definition) is 3. The molecule has 2 aliphatic rings. The van der Waals surface area contributed by atoms with Crippen LogP contribution in [0, 0.1) is 6.10 Å². The van der Waals surface area contributed by atoms with Gasteiger partial charge in [0.25, 0.3) is 0 Å². The predicted molar refractivity (Wildman–Crippen MR) is 43.6 cm³/mol. The van der Waals surface area contributed by atoms with E-state index in [2.05, 4.69) is 0 Å². The van der Waals surface area contributed by atoms with Gasteiger partial charge in [-0.3, -0.25) is 0 Å². The van der Waals surface area contributed by atoms with Crippen LogP contribution in [0.25, 0.3) is 0 Å². The van der Waals surface area contributed by atoms with Gasteiger partial charge in [0.2, 0.25) is 0 Å². The zero-order valence-corrected chi connectivity index (χ0v) is 7.25. The van der Waals surface area contributed by atoms with Gasteiger partial charge in [-0.1, -0.05) is 0 Å². The molecule has 0 aromatic carbocycles. The van der Waals surface area contributed by atoms with Crippen LogP contribution in [0.3, 0.4) is 0 Å². The average molecular weight is 171 g/mol. The molecule has 0 N–H and O–H groups in total. The highest BCUT2D eigenvalue weighted by atomic mass is 16.6. The van der Waals surface area contributed by atoms with Gasteiger partial charge in [0.05, 0.1) is 25.9 Å². The Hall–Kier alpha value is -0.120. The SMILES string of the molecule is C1CCC([C]2COCCO2)OC1. The van der Waals surface area contributed by atoms with Gasteiger partial charge in [-0.15, -0.1) is 0 Å². The summed E-state index contributed by atoms with van der Waals surface area (Å²) in [4.78, 5) is 0. The molecule has 0 saturated carbocycles. The summed E-state index contributed by atoms with van der Waals surface area (Å²) in [5.41, 5.74) is 0. The Morgan fingerprint density at radius 2 is 2.08 bits per heavy atom. The van der Waals surface area contributed by atoms with Gasteiger partial charge in [-0.2, -0.15) is 0 Å². The van der Waals surface area contributed by atoms with E-state index in [9.17, 15) is 0 Å². The summed E-state index contributed by atoms with van der Waals surface area (Å²) in [5, 5.41) is 0. The second-order valence-corrected chi connectivity index (χ2v) is 3.22. The van der Waals surface area contributed by atoms with Crippen LogP contribution in [0.2, 0.25) is 0 Å². The van der Waals surface area contributed by atoms with E-state index in [-0.39, 0.29) is 6.10 Å². The van der Waals surface area contributed by atoms with Crippen molar-refractivity contribution >= 4 is 0 Å². The van der Waals surface area contributed by atoms with Crippen LogP contribution >= 0.6 is 0 Å². The maximum Gasteiger partial charge on any atom is 0.151 e. The third-order valence-electron chi connectivity index (χ3n) is 2.30. The van der Waals surface area contributed by atoms with Crippen LogP contribution in [0.1, 0.15) is 19.3 Å². The summed E-state index contributed by atoms with van der Waals surface area (Å²) in [6, 6.07) is 0. The van der Waals surface area contributed by atoms with E-state index in [1.165, 1.54) is 12.8 Å². The third kappa shape index (κ3) is 1.97. The van der Waals surface area contributed by atoms with Gasteiger partial charge in [-0.05, 0) is 19.3 Å². The van der Waals surface area contributed by atoms with Crippen LogP contribution in [0.15, 0.2) is 0 Å². The molecular weight excluding hydrogens is 156 g/mol. The highest BCUT2D eigenvalue weighted by Gasteiger charge is 2.28. The molecule has 0 bridgehead atoms. The molecule has 2 fully saturated rings. The molecule has 1 atom stereocenters. The fourth-order valence-corrected chi connectivity index (χ4v) is 1.63. The van der Waals surface area contributed by atoms with Crippen molar-refractivity contribution in [2.75, 3.05) is 26.4 Å². The maximum atomic E-state index is 5.58. The Labute approximate surface area is 73.0 Å². The zero-order chi connectivity index (χ0) is 8.23. The fraction of sp³-hybridized carbons (Fsp3) is 0.889. The molecule has 2 saturated heterocycles. The summed E-state index contributed by atoms with van der Waals surface area (Å²) >= 11 is 0. The van der Waals surface area contributed by atoms with Crippen molar-refractivity contribution in [1.29, 1.82) is 0 Å². The van der Waals surface area contributed by atoms with Crippen molar-refractivity contribution < 1.29 is 14.2 Å². The number of ether oxygens (including phenoxy) is 3. The van der Waals surface area contributed by atoms with Gasteiger partial charge in [0.1, 0.15) is 0 Å². The molecule has 1 unspecified atom stereocenters. The third-order valence-corrected chi connectivity index (χ3v) is 2.30. The molecule has 12 heavy (non-hydrogen) atoms. The molecule has 0 aliphatic carbocycles. The lowest BCUT2D eigenvalue weighted by Crippen LogP contribution is -2.35. The Bertz CT molecular complexity index is 110. The molecule has 0 amide bonds. The molecular formula is C9H15O3. The summed E-state index contributed by atoms with van der Waals surface area (Å²) < 4.78 is 16.4. The van der Waals surface area contributed by atoms with Gasteiger partial charge < -0.3 is 14.2 Å². The molecule has 2 heterocycles. The topological polar surface area (TPSA) is 27.7 Å². The summed E-state index contributed by atoms with van der Waals surface area (Å²) in [7, 11) is 0. The lowest BCUT2D eigenvalue weighted by Gasteiger charge is -2.31. The van der Waals surface area contributed by atoms with Crippen molar-refractivity contribution in [2.24, 2.45) is 0 Å². The number of hydrogen-bond donors (Lipinski definition) is 0. The first-order valence-electron chi connectivity index (χ1n) is 4.65. The molecule has 2 rings (SSSR count). The lowest BCUT2D eigenvalue weighted by atomic mass is 10.0. The van der Waals surface area contributed by atoms with E-state index in [4.69, 9.17) is 14.2 Å². The molecule has 1 radical (unpaired) electrons. The molecule has 69 valence electrons. The minimum atomic E-state index is 0.207. The van der Waals surface area contributed by atoms with Gasteiger partial charge in [0, 0.05) is 6.61 Å². The predicted octanol–water partition coefficient (Wildman–Crippen LogP) is 1.13. The van der Waals surface area contributed by atoms with Crippen molar-refractivity contribution in [2.45, 2.75) is 25.4 Å². The van der Waals surface area contributed by atoms with Crippen molar-refractivity contribution in [1.82, 2.24) is 0 Å². The van der Waals surface area contributed by atoms with Crippen LogP contribution in [0.4, 0.5) is 0 Å². The van der Waals surface area contributed by atoms with E-state index in [0.717, 1.165) is 25.7 Å². The Morgan fingerprint density at radius 3 is 2.75 bits per heavy atom. The molecule has 3 heteroatoms. The van der Waals surface area contributed by atoms with E-state index < -0.39 is 0 Å². The monoisotopic (exact) mass is 171 g/mol. The van der Waals surface area contributed by atoms with E-state index in [1.54, 1.807) is 0 Å². The standard InChI is InChI=1S/C9H15O3/c1-2-4-11-8(3-1)9-7-10-5-6-12-9/h8H,1-7H2. The van der Waals surface area contributed by atoms with Gasteiger partial charge in [-0.25, -0.2) is 0 Å². The molecule has 0 aromatic rings. The van der Waals surface area contributed by atoms with Gasteiger partial charge >= 0.3 is 0 Å². The molecule has 0 spiro atoms. The maximum absolute atomic E-state index is 5.58.